The Morgan fingerprint density at radius 1 is 1.14 bits per heavy atom. The van der Waals surface area contributed by atoms with Gasteiger partial charge in [-0.05, 0) is 37.0 Å². The third kappa shape index (κ3) is 5.27. The van der Waals surface area contributed by atoms with Gasteiger partial charge in [-0.1, -0.05) is 43.3 Å². The molecule has 0 spiro atoms. The van der Waals surface area contributed by atoms with Crippen molar-refractivity contribution in [1.82, 2.24) is 20.3 Å². The van der Waals surface area contributed by atoms with Crippen LogP contribution in [0.4, 0.5) is 11.8 Å². The molecule has 2 N–H and O–H groups in total. The van der Waals surface area contributed by atoms with Gasteiger partial charge in [0.15, 0.2) is 0 Å². The van der Waals surface area contributed by atoms with Gasteiger partial charge in [-0.25, -0.2) is 4.98 Å². The summed E-state index contributed by atoms with van der Waals surface area (Å²) < 4.78 is 0. The van der Waals surface area contributed by atoms with E-state index < -0.39 is 0 Å². The fourth-order valence-electron chi connectivity index (χ4n) is 4.47. The van der Waals surface area contributed by atoms with Crippen LogP contribution in [-0.2, 0) is 11.3 Å². The molecule has 1 amide bonds. The van der Waals surface area contributed by atoms with Crippen molar-refractivity contribution >= 4 is 39.2 Å². The average molecular weight is 487 g/mol. The first-order valence-electron chi connectivity index (χ1n) is 12.2. The van der Waals surface area contributed by atoms with Gasteiger partial charge in [0, 0.05) is 36.8 Å². The predicted octanol–water partition coefficient (Wildman–Crippen LogP) is 5.11. The van der Waals surface area contributed by atoms with E-state index in [2.05, 4.69) is 45.0 Å². The van der Waals surface area contributed by atoms with Gasteiger partial charge in [0.25, 0.3) is 0 Å². The Kier molecular flexibility index (Phi) is 7.18. The molecular weight excluding hydrogens is 456 g/mol. The molecule has 5 rings (SSSR count). The lowest BCUT2D eigenvalue weighted by Gasteiger charge is -2.32. The highest BCUT2D eigenvalue weighted by Crippen LogP contribution is 2.38. The van der Waals surface area contributed by atoms with Crippen molar-refractivity contribution in [2.75, 3.05) is 29.9 Å². The molecule has 1 atom stereocenters. The van der Waals surface area contributed by atoms with E-state index in [0.29, 0.717) is 19.0 Å². The van der Waals surface area contributed by atoms with Gasteiger partial charge in [-0.2, -0.15) is 4.98 Å². The SMILES string of the molecule is CCCNC(=O)[C@@H]1CCCN(c2nc(NCc3ccccn3)c3c(-c4ccccc4)csc3n2)C1. The summed E-state index contributed by atoms with van der Waals surface area (Å²) in [6.45, 7) is 4.84. The van der Waals surface area contributed by atoms with Crippen molar-refractivity contribution < 1.29 is 4.79 Å². The third-order valence-electron chi connectivity index (χ3n) is 6.29. The highest BCUT2D eigenvalue weighted by Gasteiger charge is 2.28. The molecule has 180 valence electrons. The molecule has 1 saturated heterocycles. The molecule has 0 unspecified atom stereocenters. The molecule has 0 saturated carbocycles. The number of amides is 1. The number of pyridine rings is 1. The Morgan fingerprint density at radius 2 is 2.00 bits per heavy atom. The Balaban J connectivity index is 1.49. The lowest BCUT2D eigenvalue weighted by atomic mass is 9.97. The first-order valence-corrected chi connectivity index (χ1v) is 13.1. The zero-order valence-electron chi connectivity index (χ0n) is 19.9. The fourth-order valence-corrected chi connectivity index (χ4v) is 5.41. The monoisotopic (exact) mass is 486 g/mol. The molecule has 4 aromatic rings. The largest absolute Gasteiger partial charge is 0.364 e. The number of anilines is 2. The number of hydrogen-bond acceptors (Lipinski definition) is 7. The third-order valence-corrected chi connectivity index (χ3v) is 7.17. The molecule has 0 aliphatic carbocycles. The minimum atomic E-state index is -0.0391. The standard InChI is InChI=1S/C27H30N6OS/c1-2-13-29-25(34)20-11-8-15-33(17-20)27-31-24(30-16-21-12-6-7-14-28-21)23-22(18-35-26(23)32-27)19-9-4-3-5-10-19/h3-7,9-10,12,14,18,20H,2,8,11,13,15-17H2,1H3,(H,29,34)(H,30,31,32)/t20-/m1/s1. The summed E-state index contributed by atoms with van der Waals surface area (Å²) >= 11 is 1.63. The number of hydrogen-bond donors (Lipinski definition) is 2. The van der Waals surface area contributed by atoms with Crippen molar-refractivity contribution in [2.45, 2.75) is 32.7 Å². The van der Waals surface area contributed by atoms with E-state index in [1.807, 2.05) is 36.4 Å². The molecule has 1 aromatic carbocycles. The van der Waals surface area contributed by atoms with E-state index in [4.69, 9.17) is 9.97 Å². The van der Waals surface area contributed by atoms with Crippen LogP contribution in [0, 0.1) is 5.92 Å². The second-order valence-electron chi connectivity index (χ2n) is 8.82. The van der Waals surface area contributed by atoms with E-state index in [1.165, 1.54) is 0 Å². The first kappa shape index (κ1) is 23.2. The van der Waals surface area contributed by atoms with Crippen molar-refractivity contribution in [3.8, 4) is 11.1 Å². The number of carbonyl (C=O) groups excluding carboxylic acids is 1. The maximum Gasteiger partial charge on any atom is 0.228 e. The second kappa shape index (κ2) is 10.8. The number of fused-ring (bicyclic) bond motifs is 1. The summed E-state index contributed by atoms with van der Waals surface area (Å²) in [5.41, 5.74) is 3.21. The van der Waals surface area contributed by atoms with Gasteiger partial charge < -0.3 is 15.5 Å². The number of piperidine rings is 1. The lowest BCUT2D eigenvalue weighted by molar-refractivity contribution is -0.125. The first-order chi connectivity index (χ1) is 17.2. The number of carbonyl (C=O) groups is 1. The molecule has 35 heavy (non-hydrogen) atoms. The number of thiophene rings is 1. The quantitative estimate of drug-likeness (QED) is 0.360. The Morgan fingerprint density at radius 3 is 2.80 bits per heavy atom. The molecule has 1 fully saturated rings. The van der Waals surface area contributed by atoms with E-state index in [0.717, 1.165) is 65.2 Å². The van der Waals surface area contributed by atoms with Crippen LogP contribution in [0.3, 0.4) is 0 Å². The normalized spacial score (nSPS) is 15.8. The van der Waals surface area contributed by atoms with Gasteiger partial charge in [0.2, 0.25) is 11.9 Å². The molecule has 8 heteroatoms. The average Bonchev–Trinajstić information content (AvgIpc) is 3.36. The summed E-state index contributed by atoms with van der Waals surface area (Å²) in [4.78, 5) is 30.2. The van der Waals surface area contributed by atoms with Gasteiger partial charge in [0.1, 0.15) is 10.6 Å². The van der Waals surface area contributed by atoms with E-state index in [9.17, 15) is 4.79 Å². The summed E-state index contributed by atoms with van der Waals surface area (Å²) in [6.07, 6.45) is 4.59. The fraction of sp³-hybridized carbons (Fsp3) is 0.333. The molecule has 0 radical (unpaired) electrons. The number of nitrogens with zero attached hydrogens (tertiary/aromatic N) is 4. The van der Waals surface area contributed by atoms with Crippen LogP contribution in [0.5, 0.6) is 0 Å². The van der Waals surface area contributed by atoms with E-state index in [-0.39, 0.29) is 11.8 Å². The Labute approximate surface area is 209 Å². The maximum absolute atomic E-state index is 12.6. The minimum Gasteiger partial charge on any atom is -0.364 e. The highest BCUT2D eigenvalue weighted by atomic mass is 32.1. The number of nitrogens with one attached hydrogen (secondary N) is 2. The molecule has 4 heterocycles. The number of rotatable bonds is 8. The van der Waals surface area contributed by atoms with Gasteiger partial charge in [-0.3, -0.25) is 9.78 Å². The topological polar surface area (TPSA) is 83.0 Å². The molecular formula is C27H30N6OS. The summed E-state index contributed by atoms with van der Waals surface area (Å²) in [5, 5.41) is 9.76. The van der Waals surface area contributed by atoms with Crippen LogP contribution < -0.4 is 15.5 Å². The number of aromatic nitrogens is 3. The van der Waals surface area contributed by atoms with Gasteiger partial charge >= 0.3 is 0 Å². The Hall–Kier alpha value is -3.52. The summed E-state index contributed by atoms with van der Waals surface area (Å²) in [5.74, 6) is 1.57. The zero-order valence-corrected chi connectivity index (χ0v) is 20.7. The molecule has 1 aliphatic heterocycles. The van der Waals surface area contributed by atoms with E-state index >= 15 is 0 Å². The molecule has 7 nitrogen and oxygen atoms in total. The Bertz CT molecular complexity index is 1280. The van der Waals surface area contributed by atoms with Crippen molar-refractivity contribution in [3.63, 3.8) is 0 Å². The highest BCUT2D eigenvalue weighted by molar-refractivity contribution is 7.17. The van der Waals surface area contributed by atoms with Gasteiger partial charge in [0.05, 0.1) is 23.5 Å². The smallest absolute Gasteiger partial charge is 0.228 e. The van der Waals surface area contributed by atoms with Crippen LogP contribution in [0.25, 0.3) is 21.3 Å². The van der Waals surface area contributed by atoms with Crippen LogP contribution >= 0.6 is 11.3 Å². The predicted molar refractivity (Wildman–Crippen MR) is 143 cm³/mol. The molecule has 3 aromatic heterocycles. The second-order valence-corrected chi connectivity index (χ2v) is 9.68. The van der Waals surface area contributed by atoms with Crippen LogP contribution in [0.15, 0.2) is 60.1 Å². The summed E-state index contributed by atoms with van der Waals surface area (Å²) in [6, 6.07) is 16.3. The van der Waals surface area contributed by atoms with Crippen LogP contribution in [0.1, 0.15) is 31.9 Å². The van der Waals surface area contributed by atoms with Crippen LogP contribution in [0.2, 0.25) is 0 Å². The van der Waals surface area contributed by atoms with Gasteiger partial charge in [-0.15, -0.1) is 11.3 Å². The molecule has 1 aliphatic rings. The summed E-state index contributed by atoms with van der Waals surface area (Å²) in [7, 11) is 0. The van der Waals surface area contributed by atoms with Crippen molar-refractivity contribution in [1.29, 1.82) is 0 Å². The van der Waals surface area contributed by atoms with E-state index in [1.54, 1.807) is 17.5 Å². The lowest BCUT2D eigenvalue weighted by Crippen LogP contribution is -2.43. The van der Waals surface area contributed by atoms with Crippen molar-refractivity contribution in [3.05, 3.63) is 65.8 Å². The van der Waals surface area contributed by atoms with Crippen LogP contribution in [-0.4, -0.2) is 40.5 Å². The maximum atomic E-state index is 12.6. The minimum absolute atomic E-state index is 0.0391. The van der Waals surface area contributed by atoms with Crippen molar-refractivity contribution in [2.24, 2.45) is 5.92 Å². The number of benzene rings is 1. The molecule has 0 bridgehead atoms. The zero-order chi connectivity index (χ0) is 24.0.